The summed E-state index contributed by atoms with van der Waals surface area (Å²) in [5, 5.41) is 0. The molecule has 6 nitrogen and oxygen atoms in total. The van der Waals surface area contributed by atoms with Crippen molar-refractivity contribution >= 4 is 21.4 Å². The minimum absolute atomic E-state index is 0.0106. The van der Waals surface area contributed by atoms with Gasteiger partial charge in [0.2, 0.25) is 10.0 Å². The van der Waals surface area contributed by atoms with Crippen LogP contribution in [-0.4, -0.2) is 38.9 Å². The Balaban J connectivity index is 2.76. The van der Waals surface area contributed by atoms with Crippen LogP contribution in [0.2, 0.25) is 0 Å². The Morgan fingerprint density at radius 2 is 2.17 bits per heavy atom. The molecule has 0 amide bonds. The molecule has 18 heavy (non-hydrogen) atoms. The van der Waals surface area contributed by atoms with Crippen molar-refractivity contribution in [1.82, 2.24) is 4.98 Å². The molecule has 0 radical (unpaired) electrons. The van der Waals surface area contributed by atoms with Gasteiger partial charge < -0.3 is 10.5 Å². The fraction of sp³-hybridized carbons (Fsp3) is 0.545. The van der Waals surface area contributed by atoms with Gasteiger partial charge in [0.05, 0.1) is 36.0 Å². The van der Waals surface area contributed by atoms with E-state index in [1.807, 2.05) is 13.8 Å². The van der Waals surface area contributed by atoms with Gasteiger partial charge in [-0.25, -0.2) is 8.42 Å². The Hall–Kier alpha value is -1.34. The smallest absolute Gasteiger partial charge is 0.237 e. The summed E-state index contributed by atoms with van der Waals surface area (Å²) < 4.78 is 30.5. The third-order valence-electron chi connectivity index (χ3n) is 2.38. The molecule has 0 aliphatic rings. The van der Waals surface area contributed by atoms with Crippen LogP contribution in [-0.2, 0) is 14.8 Å². The molecule has 0 aromatic carbocycles. The maximum absolute atomic E-state index is 12.0. The lowest BCUT2D eigenvalue weighted by Crippen LogP contribution is -2.31. The molecule has 0 fully saturated rings. The molecule has 2 N–H and O–H groups in total. The normalized spacial score (nSPS) is 11.8. The molecule has 0 aliphatic carbocycles. The van der Waals surface area contributed by atoms with Crippen LogP contribution in [0.1, 0.15) is 13.8 Å². The molecule has 1 rings (SSSR count). The number of nitrogen functional groups attached to an aromatic ring is 1. The van der Waals surface area contributed by atoms with Crippen molar-refractivity contribution in [2.45, 2.75) is 20.0 Å². The Bertz CT molecular complexity index is 488. The molecule has 0 bridgehead atoms. The topological polar surface area (TPSA) is 85.5 Å². The van der Waals surface area contributed by atoms with Gasteiger partial charge >= 0.3 is 0 Å². The van der Waals surface area contributed by atoms with Crippen LogP contribution in [0.4, 0.5) is 11.4 Å². The predicted octanol–water partition coefficient (Wildman–Crippen LogP) is 0.855. The molecule has 0 aliphatic heterocycles. The fourth-order valence-electron chi connectivity index (χ4n) is 1.36. The van der Waals surface area contributed by atoms with Gasteiger partial charge in [0.1, 0.15) is 0 Å². The predicted molar refractivity (Wildman–Crippen MR) is 71.9 cm³/mol. The molecule has 1 aromatic rings. The highest BCUT2D eigenvalue weighted by Gasteiger charge is 2.20. The van der Waals surface area contributed by atoms with Crippen LogP contribution in [0, 0.1) is 0 Å². The lowest BCUT2D eigenvalue weighted by molar-refractivity contribution is 0.0912. The number of anilines is 2. The average Bonchev–Trinajstić information content (AvgIpc) is 2.28. The first kappa shape index (κ1) is 14.7. The summed E-state index contributed by atoms with van der Waals surface area (Å²) in [5.74, 6) is -0.0799. The molecule has 7 heteroatoms. The molecule has 1 aromatic heterocycles. The summed E-state index contributed by atoms with van der Waals surface area (Å²) >= 11 is 0. The van der Waals surface area contributed by atoms with Crippen LogP contribution in [0.15, 0.2) is 18.5 Å². The zero-order valence-electron chi connectivity index (χ0n) is 10.8. The van der Waals surface area contributed by atoms with E-state index in [4.69, 9.17) is 10.5 Å². The van der Waals surface area contributed by atoms with Gasteiger partial charge in [0.15, 0.2) is 0 Å². The molecule has 102 valence electrons. The first-order valence-corrected chi connectivity index (χ1v) is 7.23. The van der Waals surface area contributed by atoms with E-state index in [-0.39, 0.29) is 18.5 Å². The van der Waals surface area contributed by atoms with Gasteiger partial charge in [-0.05, 0) is 19.9 Å². The van der Waals surface area contributed by atoms with Crippen LogP contribution >= 0.6 is 0 Å². The number of nitrogens with zero attached hydrogens (tertiary/aromatic N) is 2. The first-order valence-electron chi connectivity index (χ1n) is 5.62. The number of rotatable bonds is 6. The van der Waals surface area contributed by atoms with E-state index in [1.165, 1.54) is 19.4 Å². The largest absolute Gasteiger partial charge is 0.396 e. The van der Waals surface area contributed by atoms with E-state index in [0.29, 0.717) is 11.4 Å². The Labute approximate surface area is 108 Å². The zero-order chi connectivity index (χ0) is 13.8. The minimum atomic E-state index is -3.43. The summed E-state index contributed by atoms with van der Waals surface area (Å²) in [4.78, 5) is 3.82. The van der Waals surface area contributed by atoms with Crippen molar-refractivity contribution in [2.75, 3.05) is 29.4 Å². The number of hydrogen-bond acceptors (Lipinski definition) is 5. The maximum atomic E-state index is 12.0. The fourth-order valence-corrected chi connectivity index (χ4v) is 2.41. The second kappa shape index (κ2) is 6.01. The molecule has 1 heterocycles. The number of pyridine rings is 1. The van der Waals surface area contributed by atoms with E-state index in [9.17, 15) is 8.42 Å². The van der Waals surface area contributed by atoms with E-state index in [1.54, 1.807) is 6.07 Å². The highest BCUT2D eigenvalue weighted by atomic mass is 32.2. The van der Waals surface area contributed by atoms with Gasteiger partial charge in [-0.1, -0.05) is 0 Å². The van der Waals surface area contributed by atoms with E-state index in [2.05, 4.69) is 4.98 Å². The summed E-state index contributed by atoms with van der Waals surface area (Å²) in [7, 11) is -1.96. The van der Waals surface area contributed by atoms with Crippen molar-refractivity contribution in [2.24, 2.45) is 0 Å². The number of aromatic nitrogens is 1. The van der Waals surface area contributed by atoms with Crippen molar-refractivity contribution in [3.05, 3.63) is 18.5 Å². The quantitative estimate of drug-likeness (QED) is 0.830. The van der Waals surface area contributed by atoms with Gasteiger partial charge in [-0.3, -0.25) is 9.29 Å². The highest BCUT2D eigenvalue weighted by Crippen LogP contribution is 2.22. The summed E-state index contributed by atoms with van der Waals surface area (Å²) in [6.45, 7) is 3.88. The molecule has 0 saturated heterocycles. The second-order valence-electron chi connectivity index (χ2n) is 4.14. The number of ether oxygens (including phenoxy) is 1. The molecule has 0 atom stereocenters. The van der Waals surface area contributed by atoms with Crippen molar-refractivity contribution in [3.8, 4) is 0 Å². The maximum Gasteiger partial charge on any atom is 0.237 e. The zero-order valence-corrected chi connectivity index (χ0v) is 11.6. The molecular weight excluding hydrogens is 254 g/mol. The number of hydrogen-bond donors (Lipinski definition) is 1. The Morgan fingerprint density at radius 1 is 1.50 bits per heavy atom. The first-order chi connectivity index (χ1) is 8.34. The van der Waals surface area contributed by atoms with Crippen molar-refractivity contribution < 1.29 is 13.2 Å². The van der Waals surface area contributed by atoms with Crippen molar-refractivity contribution in [3.63, 3.8) is 0 Å². The van der Waals surface area contributed by atoms with Crippen LogP contribution in [0.3, 0.4) is 0 Å². The SMILES string of the molecule is CC(C)OCCS(=O)(=O)N(C)c1ccncc1N. The van der Waals surface area contributed by atoms with Gasteiger partial charge in [0.25, 0.3) is 0 Å². The molecule has 0 spiro atoms. The third kappa shape index (κ3) is 3.85. The van der Waals surface area contributed by atoms with E-state index in [0.717, 1.165) is 4.31 Å². The van der Waals surface area contributed by atoms with Crippen LogP contribution < -0.4 is 10.0 Å². The lowest BCUT2D eigenvalue weighted by atomic mass is 10.3. The molecular formula is C11H19N3O3S. The van der Waals surface area contributed by atoms with Gasteiger partial charge in [-0.15, -0.1) is 0 Å². The molecule has 0 unspecified atom stereocenters. The van der Waals surface area contributed by atoms with Crippen LogP contribution in [0.5, 0.6) is 0 Å². The second-order valence-corrected chi connectivity index (χ2v) is 6.26. The summed E-state index contributed by atoms with van der Waals surface area (Å²) in [5.41, 5.74) is 6.45. The van der Waals surface area contributed by atoms with E-state index >= 15 is 0 Å². The lowest BCUT2D eigenvalue weighted by Gasteiger charge is -2.20. The highest BCUT2D eigenvalue weighted by molar-refractivity contribution is 7.92. The number of sulfonamides is 1. The average molecular weight is 273 g/mol. The van der Waals surface area contributed by atoms with Crippen LogP contribution in [0.25, 0.3) is 0 Å². The Kier molecular flexibility index (Phi) is 4.92. The van der Waals surface area contributed by atoms with Crippen molar-refractivity contribution in [1.29, 1.82) is 0 Å². The monoisotopic (exact) mass is 273 g/mol. The Morgan fingerprint density at radius 3 is 2.72 bits per heavy atom. The van der Waals surface area contributed by atoms with E-state index < -0.39 is 10.0 Å². The summed E-state index contributed by atoms with van der Waals surface area (Å²) in [6.07, 6.45) is 2.94. The standard InChI is InChI=1S/C11H19N3O3S/c1-9(2)17-6-7-18(15,16)14(3)11-4-5-13-8-10(11)12/h4-5,8-9H,6-7,12H2,1-3H3. The third-order valence-corrected chi connectivity index (χ3v) is 4.09. The van der Waals surface area contributed by atoms with Gasteiger partial charge in [0, 0.05) is 13.2 Å². The van der Waals surface area contributed by atoms with Gasteiger partial charge in [-0.2, -0.15) is 0 Å². The number of nitrogens with two attached hydrogens (primary N) is 1. The molecule has 0 saturated carbocycles. The summed E-state index contributed by atoms with van der Waals surface area (Å²) in [6, 6.07) is 1.57. The minimum Gasteiger partial charge on any atom is -0.396 e.